The summed E-state index contributed by atoms with van der Waals surface area (Å²) in [6.07, 6.45) is 4.04. The van der Waals surface area contributed by atoms with Crippen LogP contribution in [0, 0.1) is 0 Å². The number of halogens is 1. The maximum Gasteiger partial charge on any atom is 0.0931 e. The van der Waals surface area contributed by atoms with Crippen LogP contribution in [0.4, 0.5) is 0 Å². The predicted octanol–water partition coefficient (Wildman–Crippen LogP) is 3.62. The second kappa shape index (κ2) is 6.01. The molecule has 1 aromatic heterocycles. The van der Waals surface area contributed by atoms with Crippen LogP contribution in [-0.2, 0) is 4.74 Å². The minimum absolute atomic E-state index is 0.380. The van der Waals surface area contributed by atoms with Gasteiger partial charge in [-0.2, -0.15) is 0 Å². The number of ether oxygens (including phenoxy) is 1. The quantitative estimate of drug-likeness (QED) is 0.872. The van der Waals surface area contributed by atoms with E-state index in [1.165, 1.54) is 18.4 Å². The van der Waals surface area contributed by atoms with E-state index >= 15 is 0 Å². The van der Waals surface area contributed by atoms with Gasteiger partial charge in [-0.25, -0.2) is 0 Å². The SMILES string of the molecule is CC(NCCC1CCCO1)c1csc(Cl)c1. The summed E-state index contributed by atoms with van der Waals surface area (Å²) in [6.45, 7) is 4.13. The molecule has 1 fully saturated rings. The highest BCUT2D eigenvalue weighted by Gasteiger charge is 2.15. The molecule has 2 nitrogen and oxygen atoms in total. The van der Waals surface area contributed by atoms with Crippen LogP contribution in [0.3, 0.4) is 0 Å². The standard InChI is InChI=1S/C12H18ClNOS/c1-9(10-7-12(13)16-8-10)14-5-4-11-3-2-6-15-11/h7-9,11,14H,2-6H2,1H3. The van der Waals surface area contributed by atoms with Gasteiger partial charge >= 0.3 is 0 Å². The van der Waals surface area contributed by atoms with Gasteiger partial charge in [0.2, 0.25) is 0 Å². The molecule has 0 bridgehead atoms. The summed E-state index contributed by atoms with van der Waals surface area (Å²) in [5, 5.41) is 5.62. The molecule has 2 atom stereocenters. The van der Waals surface area contributed by atoms with Crippen molar-refractivity contribution in [2.45, 2.75) is 38.3 Å². The number of hydrogen-bond acceptors (Lipinski definition) is 3. The fourth-order valence-corrected chi connectivity index (χ4v) is 2.99. The van der Waals surface area contributed by atoms with Crippen LogP contribution >= 0.6 is 22.9 Å². The maximum atomic E-state index is 5.91. The lowest BCUT2D eigenvalue weighted by Crippen LogP contribution is -2.23. The summed E-state index contributed by atoms with van der Waals surface area (Å²) in [7, 11) is 0. The van der Waals surface area contributed by atoms with E-state index in [4.69, 9.17) is 16.3 Å². The molecule has 0 amide bonds. The molecular weight excluding hydrogens is 242 g/mol. The van der Waals surface area contributed by atoms with Gasteiger partial charge in [0.1, 0.15) is 0 Å². The second-order valence-electron chi connectivity index (χ2n) is 4.28. The van der Waals surface area contributed by atoms with Crippen LogP contribution in [0.2, 0.25) is 4.34 Å². The van der Waals surface area contributed by atoms with E-state index in [0.29, 0.717) is 12.1 Å². The van der Waals surface area contributed by atoms with Gasteiger partial charge in [0.05, 0.1) is 10.4 Å². The van der Waals surface area contributed by atoms with Crippen molar-refractivity contribution in [2.75, 3.05) is 13.2 Å². The lowest BCUT2D eigenvalue weighted by molar-refractivity contribution is 0.103. The predicted molar refractivity (Wildman–Crippen MR) is 69.3 cm³/mol. The van der Waals surface area contributed by atoms with Crippen LogP contribution in [0.25, 0.3) is 0 Å². The minimum atomic E-state index is 0.380. The van der Waals surface area contributed by atoms with Crippen molar-refractivity contribution in [1.29, 1.82) is 0 Å². The van der Waals surface area contributed by atoms with Crippen molar-refractivity contribution in [2.24, 2.45) is 0 Å². The molecule has 0 aromatic carbocycles. The highest BCUT2D eigenvalue weighted by molar-refractivity contribution is 7.14. The number of rotatable bonds is 5. The Kier molecular flexibility index (Phi) is 4.65. The van der Waals surface area contributed by atoms with Crippen molar-refractivity contribution < 1.29 is 4.74 Å². The smallest absolute Gasteiger partial charge is 0.0931 e. The minimum Gasteiger partial charge on any atom is -0.378 e. The molecular formula is C12H18ClNOS. The monoisotopic (exact) mass is 259 g/mol. The Balaban J connectivity index is 1.69. The average Bonchev–Trinajstić information content (AvgIpc) is 2.89. The topological polar surface area (TPSA) is 21.3 Å². The van der Waals surface area contributed by atoms with Gasteiger partial charge in [-0.05, 0) is 49.7 Å². The zero-order valence-corrected chi connectivity index (χ0v) is 11.1. The van der Waals surface area contributed by atoms with E-state index in [1.807, 2.05) is 6.07 Å². The molecule has 0 spiro atoms. The summed E-state index contributed by atoms with van der Waals surface area (Å²) in [6, 6.07) is 2.42. The van der Waals surface area contributed by atoms with Crippen molar-refractivity contribution in [1.82, 2.24) is 5.32 Å². The maximum absolute atomic E-state index is 5.91. The van der Waals surface area contributed by atoms with Gasteiger partial charge in [0.15, 0.2) is 0 Å². The normalized spacial score (nSPS) is 22.5. The lowest BCUT2D eigenvalue weighted by Gasteiger charge is -2.14. The van der Waals surface area contributed by atoms with Crippen LogP contribution in [0.15, 0.2) is 11.4 Å². The van der Waals surface area contributed by atoms with Crippen molar-refractivity contribution in [3.63, 3.8) is 0 Å². The highest BCUT2D eigenvalue weighted by Crippen LogP contribution is 2.24. The van der Waals surface area contributed by atoms with Gasteiger partial charge in [-0.1, -0.05) is 11.6 Å². The first kappa shape index (κ1) is 12.4. The zero-order valence-electron chi connectivity index (χ0n) is 9.54. The molecule has 0 aliphatic carbocycles. The molecule has 1 aliphatic rings. The van der Waals surface area contributed by atoms with E-state index in [-0.39, 0.29) is 0 Å². The summed E-state index contributed by atoms with van der Waals surface area (Å²) < 4.78 is 6.45. The molecule has 90 valence electrons. The third kappa shape index (κ3) is 3.45. The Morgan fingerprint density at radius 1 is 1.69 bits per heavy atom. The molecule has 0 saturated carbocycles. The van der Waals surface area contributed by atoms with Gasteiger partial charge in [0.25, 0.3) is 0 Å². The Morgan fingerprint density at radius 3 is 3.19 bits per heavy atom. The Labute approximate surface area is 106 Å². The molecule has 1 aromatic rings. The van der Waals surface area contributed by atoms with Crippen molar-refractivity contribution in [3.05, 3.63) is 21.3 Å². The first-order chi connectivity index (χ1) is 7.75. The average molecular weight is 260 g/mol. The highest BCUT2D eigenvalue weighted by atomic mass is 35.5. The first-order valence-corrected chi connectivity index (χ1v) is 7.10. The van der Waals surface area contributed by atoms with Crippen molar-refractivity contribution in [3.8, 4) is 0 Å². The molecule has 2 heterocycles. The molecule has 0 radical (unpaired) electrons. The molecule has 1 saturated heterocycles. The summed E-state index contributed by atoms with van der Waals surface area (Å²) in [5.74, 6) is 0. The van der Waals surface area contributed by atoms with E-state index in [1.54, 1.807) is 11.3 Å². The number of nitrogens with one attached hydrogen (secondary N) is 1. The van der Waals surface area contributed by atoms with E-state index in [9.17, 15) is 0 Å². The van der Waals surface area contributed by atoms with E-state index in [0.717, 1.165) is 23.9 Å². The number of hydrogen-bond donors (Lipinski definition) is 1. The van der Waals surface area contributed by atoms with E-state index in [2.05, 4.69) is 17.6 Å². The van der Waals surface area contributed by atoms with Crippen LogP contribution < -0.4 is 5.32 Å². The third-order valence-electron chi connectivity index (χ3n) is 3.03. The number of thiophene rings is 1. The largest absolute Gasteiger partial charge is 0.378 e. The zero-order chi connectivity index (χ0) is 11.4. The summed E-state index contributed by atoms with van der Waals surface area (Å²) in [4.78, 5) is 0. The van der Waals surface area contributed by atoms with E-state index < -0.39 is 0 Å². The molecule has 2 rings (SSSR count). The summed E-state index contributed by atoms with van der Waals surface area (Å²) in [5.41, 5.74) is 1.28. The fraction of sp³-hybridized carbons (Fsp3) is 0.667. The van der Waals surface area contributed by atoms with Crippen LogP contribution in [0.1, 0.15) is 37.8 Å². The Hall–Kier alpha value is -0.0900. The van der Waals surface area contributed by atoms with Gasteiger partial charge < -0.3 is 10.1 Å². The second-order valence-corrected chi connectivity index (χ2v) is 5.83. The fourth-order valence-electron chi connectivity index (χ4n) is 2.00. The Bertz CT molecular complexity index is 323. The molecule has 2 unspecified atom stereocenters. The lowest BCUT2D eigenvalue weighted by atomic mass is 10.1. The Morgan fingerprint density at radius 2 is 2.56 bits per heavy atom. The molecule has 1 N–H and O–H groups in total. The van der Waals surface area contributed by atoms with Crippen molar-refractivity contribution >= 4 is 22.9 Å². The van der Waals surface area contributed by atoms with Gasteiger partial charge in [-0.15, -0.1) is 11.3 Å². The van der Waals surface area contributed by atoms with Gasteiger partial charge in [0, 0.05) is 12.6 Å². The summed E-state index contributed by atoms with van der Waals surface area (Å²) >= 11 is 7.51. The molecule has 1 aliphatic heterocycles. The third-order valence-corrected chi connectivity index (χ3v) is 4.14. The van der Waals surface area contributed by atoms with Gasteiger partial charge in [-0.3, -0.25) is 0 Å². The molecule has 4 heteroatoms. The van der Waals surface area contributed by atoms with Crippen LogP contribution in [0.5, 0.6) is 0 Å². The van der Waals surface area contributed by atoms with Crippen LogP contribution in [-0.4, -0.2) is 19.3 Å². The molecule has 16 heavy (non-hydrogen) atoms. The first-order valence-electron chi connectivity index (χ1n) is 5.84.